The SMILES string of the molecule is Cc1cccc(OCCn2c(O)c(N=NC(=O)COc3ccccc3Cl)c3ccccc32)c1. The topological polar surface area (TPSA) is 85.4 Å². The van der Waals surface area contributed by atoms with Crippen molar-refractivity contribution in [2.45, 2.75) is 13.5 Å². The van der Waals surface area contributed by atoms with Gasteiger partial charge in [-0.05, 0) is 42.8 Å². The zero-order chi connectivity index (χ0) is 23.2. The van der Waals surface area contributed by atoms with Crippen LogP contribution in [0.3, 0.4) is 0 Å². The Hall–Kier alpha value is -3.84. The van der Waals surface area contributed by atoms with Gasteiger partial charge in [-0.2, -0.15) is 0 Å². The number of azo groups is 1. The number of para-hydroxylation sites is 2. The van der Waals surface area contributed by atoms with Gasteiger partial charge in [-0.3, -0.25) is 4.79 Å². The first kappa shape index (κ1) is 22.4. The molecule has 0 aliphatic heterocycles. The highest BCUT2D eigenvalue weighted by atomic mass is 35.5. The van der Waals surface area contributed by atoms with E-state index in [9.17, 15) is 9.90 Å². The lowest BCUT2D eigenvalue weighted by Crippen LogP contribution is -2.08. The standard InChI is InChI=1S/C25H22ClN3O4/c1-17-7-6-8-18(15-17)32-14-13-29-21-11-4-2-9-19(21)24(25(29)31)28-27-23(30)16-33-22-12-5-3-10-20(22)26/h2-12,15,31H,13-14,16H2,1H3. The minimum atomic E-state index is -0.603. The minimum absolute atomic E-state index is 0.0902. The van der Waals surface area contributed by atoms with Crippen LogP contribution in [0, 0.1) is 6.92 Å². The summed E-state index contributed by atoms with van der Waals surface area (Å²) < 4.78 is 12.9. The highest BCUT2D eigenvalue weighted by molar-refractivity contribution is 6.32. The van der Waals surface area contributed by atoms with Gasteiger partial charge in [0.1, 0.15) is 18.1 Å². The molecule has 7 nitrogen and oxygen atoms in total. The van der Waals surface area contributed by atoms with Crippen LogP contribution in [0.1, 0.15) is 5.56 Å². The number of carbonyl (C=O) groups excluding carboxylic acids is 1. The van der Waals surface area contributed by atoms with Crippen LogP contribution < -0.4 is 9.47 Å². The molecule has 1 aromatic heterocycles. The van der Waals surface area contributed by atoms with Crippen LogP contribution in [0.15, 0.2) is 83.0 Å². The Morgan fingerprint density at radius 1 is 1.03 bits per heavy atom. The van der Waals surface area contributed by atoms with E-state index in [4.69, 9.17) is 21.1 Å². The molecule has 0 atom stereocenters. The summed E-state index contributed by atoms with van der Waals surface area (Å²) in [5, 5.41) is 19.6. The van der Waals surface area contributed by atoms with E-state index in [0.717, 1.165) is 16.8 Å². The van der Waals surface area contributed by atoms with Crippen molar-refractivity contribution in [3.8, 4) is 17.4 Å². The van der Waals surface area contributed by atoms with Crippen molar-refractivity contribution in [1.82, 2.24) is 4.57 Å². The number of hydrogen-bond donors (Lipinski definition) is 1. The number of benzene rings is 3. The number of aromatic nitrogens is 1. The van der Waals surface area contributed by atoms with E-state index in [1.807, 2.05) is 55.5 Å². The Morgan fingerprint density at radius 3 is 2.64 bits per heavy atom. The Balaban J connectivity index is 1.47. The van der Waals surface area contributed by atoms with E-state index < -0.39 is 5.91 Å². The van der Waals surface area contributed by atoms with E-state index in [1.165, 1.54) is 0 Å². The Morgan fingerprint density at radius 2 is 1.82 bits per heavy atom. The van der Waals surface area contributed by atoms with E-state index in [-0.39, 0.29) is 18.2 Å². The van der Waals surface area contributed by atoms with Crippen LogP contribution in [0.4, 0.5) is 5.69 Å². The fourth-order valence-corrected chi connectivity index (χ4v) is 3.58. The maximum absolute atomic E-state index is 12.2. The zero-order valence-corrected chi connectivity index (χ0v) is 18.7. The van der Waals surface area contributed by atoms with E-state index in [1.54, 1.807) is 28.8 Å². The van der Waals surface area contributed by atoms with Crippen molar-refractivity contribution >= 4 is 34.1 Å². The van der Waals surface area contributed by atoms with Crippen LogP contribution in [0.25, 0.3) is 10.9 Å². The number of fused-ring (bicyclic) bond motifs is 1. The number of aryl methyl sites for hydroxylation is 1. The first-order valence-electron chi connectivity index (χ1n) is 10.3. The molecule has 1 amide bonds. The summed E-state index contributed by atoms with van der Waals surface area (Å²) in [6.45, 7) is 2.41. The molecular weight excluding hydrogens is 442 g/mol. The summed E-state index contributed by atoms with van der Waals surface area (Å²) in [6.07, 6.45) is 0. The fraction of sp³-hybridized carbons (Fsp3) is 0.160. The number of carbonyl (C=O) groups is 1. The molecule has 4 aromatic rings. The lowest BCUT2D eigenvalue weighted by Gasteiger charge is -2.09. The maximum Gasteiger partial charge on any atom is 0.302 e. The van der Waals surface area contributed by atoms with E-state index in [2.05, 4.69) is 10.2 Å². The zero-order valence-electron chi connectivity index (χ0n) is 17.9. The molecule has 0 spiro atoms. The Kier molecular flexibility index (Phi) is 6.90. The van der Waals surface area contributed by atoms with Crippen molar-refractivity contribution < 1.29 is 19.4 Å². The molecule has 0 unspecified atom stereocenters. The first-order valence-corrected chi connectivity index (χ1v) is 10.7. The fourth-order valence-electron chi connectivity index (χ4n) is 3.39. The van der Waals surface area contributed by atoms with Crippen molar-refractivity contribution in [2.75, 3.05) is 13.2 Å². The molecule has 0 radical (unpaired) electrons. The maximum atomic E-state index is 12.2. The number of hydrogen-bond acceptors (Lipinski definition) is 5. The van der Waals surface area contributed by atoms with Gasteiger partial charge in [0.25, 0.3) is 0 Å². The summed E-state index contributed by atoms with van der Waals surface area (Å²) in [6, 6.07) is 22.0. The molecule has 1 heterocycles. The molecule has 0 aliphatic rings. The highest BCUT2D eigenvalue weighted by Gasteiger charge is 2.17. The molecule has 8 heteroatoms. The molecule has 0 aliphatic carbocycles. The molecule has 4 rings (SSSR count). The van der Waals surface area contributed by atoms with Gasteiger partial charge in [0.15, 0.2) is 12.3 Å². The number of rotatable bonds is 8. The van der Waals surface area contributed by atoms with Gasteiger partial charge in [0.05, 0.1) is 17.1 Å². The normalized spacial score (nSPS) is 11.2. The van der Waals surface area contributed by atoms with Crippen LogP contribution in [0.2, 0.25) is 5.02 Å². The number of aromatic hydroxyl groups is 1. The second-order valence-corrected chi connectivity index (χ2v) is 7.73. The predicted molar refractivity (Wildman–Crippen MR) is 127 cm³/mol. The van der Waals surface area contributed by atoms with Gasteiger partial charge >= 0.3 is 5.91 Å². The van der Waals surface area contributed by atoms with E-state index >= 15 is 0 Å². The number of ether oxygens (including phenoxy) is 2. The van der Waals surface area contributed by atoms with Gasteiger partial charge in [-0.25, -0.2) is 0 Å². The largest absolute Gasteiger partial charge is 0.493 e. The van der Waals surface area contributed by atoms with Crippen LogP contribution in [-0.4, -0.2) is 28.8 Å². The smallest absolute Gasteiger partial charge is 0.302 e. The predicted octanol–water partition coefficient (Wildman–Crippen LogP) is 6.08. The Bertz CT molecular complexity index is 1320. The molecule has 168 valence electrons. The summed E-state index contributed by atoms with van der Waals surface area (Å²) in [5.41, 5.74) is 2.08. The van der Waals surface area contributed by atoms with Crippen molar-refractivity contribution in [3.63, 3.8) is 0 Å². The van der Waals surface area contributed by atoms with Gasteiger partial charge in [-0.1, -0.05) is 54.1 Å². The average Bonchev–Trinajstić information content (AvgIpc) is 3.08. The van der Waals surface area contributed by atoms with Crippen molar-refractivity contribution in [1.29, 1.82) is 0 Å². The number of amides is 1. The van der Waals surface area contributed by atoms with Crippen LogP contribution in [0.5, 0.6) is 17.4 Å². The first-order chi connectivity index (χ1) is 16.0. The lowest BCUT2D eigenvalue weighted by molar-refractivity contribution is -0.120. The third kappa shape index (κ3) is 5.32. The van der Waals surface area contributed by atoms with Crippen LogP contribution >= 0.6 is 11.6 Å². The molecule has 0 saturated carbocycles. The van der Waals surface area contributed by atoms with Gasteiger partial charge in [0, 0.05) is 5.39 Å². The van der Waals surface area contributed by atoms with Crippen LogP contribution in [-0.2, 0) is 11.3 Å². The van der Waals surface area contributed by atoms with Crippen molar-refractivity contribution in [2.24, 2.45) is 10.2 Å². The molecule has 1 N–H and O–H groups in total. The second-order valence-electron chi connectivity index (χ2n) is 7.32. The van der Waals surface area contributed by atoms with Gasteiger partial charge in [-0.15, -0.1) is 10.2 Å². The third-order valence-corrected chi connectivity index (χ3v) is 5.25. The summed E-state index contributed by atoms with van der Waals surface area (Å²) >= 11 is 6.02. The minimum Gasteiger partial charge on any atom is -0.493 e. The third-order valence-electron chi connectivity index (χ3n) is 4.94. The second kappa shape index (κ2) is 10.2. The summed E-state index contributed by atoms with van der Waals surface area (Å²) in [4.78, 5) is 12.2. The van der Waals surface area contributed by atoms with E-state index in [0.29, 0.717) is 29.3 Å². The van der Waals surface area contributed by atoms with Gasteiger partial charge < -0.3 is 19.1 Å². The lowest BCUT2D eigenvalue weighted by atomic mass is 10.2. The quantitative estimate of drug-likeness (QED) is 0.321. The molecule has 0 saturated heterocycles. The molecule has 0 fully saturated rings. The Labute approximate surface area is 195 Å². The highest BCUT2D eigenvalue weighted by Crippen LogP contribution is 2.38. The number of nitrogens with zero attached hydrogens (tertiary/aromatic N) is 3. The molecule has 3 aromatic carbocycles. The number of halogens is 1. The monoisotopic (exact) mass is 463 g/mol. The molecular formula is C25H22ClN3O4. The summed E-state index contributed by atoms with van der Waals surface area (Å²) in [7, 11) is 0. The molecule has 0 bridgehead atoms. The molecule has 33 heavy (non-hydrogen) atoms. The van der Waals surface area contributed by atoms with Gasteiger partial charge in [0.2, 0.25) is 5.88 Å². The van der Waals surface area contributed by atoms with Crippen molar-refractivity contribution in [3.05, 3.63) is 83.4 Å². The average molecular weight is 464 g/mol. The summed E-state index contributed by atoms with van der Waals surface area (Å²) in [5.74, 6) is 0.451.